The van der Waals surface area contributed by atoms with E-state index in [0.717, 1.165) is 11.2 Å². The Morgan fingerprint density at radius 3 is 2.25 bits per heavy atom. The summed E-state index contributed by atoms with van der Waals surface area (Å²) in [5, 5.41) is 0.592. The number of sulfonamides is 1. The number of rotatable bonds is 6. The summed E-state index contributed by atoms with van der Waals surface area (Å²) in [6.07, 6.45) is 3.56. The van der Waals surface area contributed by atoms with Crippen LogP contribution < -0.4 is 0 Å². The van der Waals surface area contributed by atoms with Gasteiger partial charge in [0.2, 0.25) is 10.0 Å². The first-order valence-electron chi connectivity index (χ1n) is 8.75. The number of aromatic nitrogens is 2. The lowest BCUT2D eigenvalue weighted by Crippen LogP contribution is -2.30. The second-order valence-corrected chi connectivity index (χ2v) is 8.79. The monoisotopic (exact) mass is 411 g/mol. The van der Waals surface area contributed by atoms with Gasteiger partial charge in [-0.1, -0.05) is 60.1 Å². The summed E-state index contributed by atoms with van der Waals surface area (Å²) in [5.74, 6) is 0. The van der Waals surface area contributed by atoms with Gasteiger partial charge >= 0.3 is 0 Å². The smallest absolute Gasteiger partial charge is 0.243 e. The molecule has 4 aromatic rings. The van der Waals surface area contributed by atoms with Gasteiger partial charge in [0, 0.05) is 18.9 Å². The minimum Gasteiger partial charge on any atom is -0.305 e. The molecular formula is C21H18ClN3O2S. The Morgan fingerprint density at radius 1 is 0.857 bits per heavy atom. The second-order valence-electron chi connectivity index (χ2n) is 6.42. The normalized spacial score (nSPS) is 11.9. The van der Waals surface area contributed by atoms with Crippen molar-refractivity contribution < 1.29 is 8.42 Å². The van der Waals surface area contributed by atoms with E-state index in [9.17, 15) is 8.42 Å². The third-order valence-corrected chi connectivity index (χ3v) is 6.42. The van der Waals surface area contributed by atoms with Crippen LogP contribution in [0.3, 0.4) is 0 Å². The summed E-state index contributed by atoms with van der Waals surface area (Å²) in [6, 6.07) is 21.6. The van der Waals surface area contributed by atoms with Gasteiger partial charge in [-0.2, -0.15) is 4.31 Å². The van der Waals surface area contributed by atoms with Crippen molar-refractivity contribution in [2.24, 2.45) is 0 Å². The lowest BCUT2D eigenvalue weighted by atomic mass is 10.2. The van der Waals surface area contributed by atoms with Crippen molar-refractivity contribution in [1.82, 2.24) is 13.7 Å². The number of nitrogens with zero attached hydrogens (tertiary/aromatic N) is 3. The molecule has 0 aliphatic heterocycles. The fourth-order valence-corrected chi connectivity index (χ4v) is 4.62. The molecular weight excluding hydrogens is 394 g/mol. The largest absolute Gasteiger partial charge is 0.305 e. The molecule has 0 atom stereocenters. The second kappa shape index (κ2) is 7.75. The summed E-state index contributed by atoms with van der Waals surface area (Å²) >= 11 is 6.04. The van der Waals surface area contributed by atoms with Crippen LogP contribution in [-0.4, -0.2) is 22.1 Å². The predicted molar refractivity (Wildman–Crippen MR) is 110 cm³/mol. The molecule has 0 amide bonds. The first-order valence-corrected chi connectivity index (χ1v) is 10.6. The highest BCUT2D eigenvalue weighted by Crippen LogP contribution is 2.21. The third kappa shape index (κ3) is 3.94. The summed E-state index contributed by atoms with van der Waals surface area (Å²) in [5.41, 5.74) is 2.28. The number of imidazole rings is 1. The van der Waals surface area contributed by atoms with Gasteiger partial charge in [0.05, 0.1) is 22.2 Å². The number of pyridine rings is 1. The minimum absolute atomic E-state index is 0.158. The maximum atomic E-state index is 13.3. The first-order chi connectivity index (χ1) is 13.5. The van der Waals surface area contributed by atoms with E-state index >= 15 is 0 Å². The molecule has 7 heteroatoms. The van der Waals surface area contributed by atoms with Gasteiger partial charge in [-0.25, -0.2) is 13.4 Å². The van der Waals surface area contributed by atoms with E-state index in [1.165, 1.54) is 4.31 Å². The molecule has 142 valence electrons. The molecule has 2 aromatic heterocycles. The Labute approximate surface area is 168 Å². The van der Waals surface area contributed by atoms with Crippen LogP contribution >= 0.6 is 11.6 Å². The zero-order valence-electron chi connectivity index (χ0n) is 14.9. The van der Waals surface area contributed by atoms with Gasteiger partial charge in [0.15, 0.2) is 0 Å². The highest BCUT2D eigenvalue weighted by molar-refractivity contribution is 7.89. The van der Waals surface area contributed by atoms with E-state index in [4.69, 9.17) is 11.6 Å². The van der Waals surface area contributed by atoms with Crippen molar-refractivity contribution in [3.05, 3.63) is 101 Å². The molecule has 28 heavy (non-hydrogen) atoms. The van der Waals surface area contributed by atoms with Gasteiger partial charge in [-0.05, 0) is 29.8 Å². The average molecular weight is 412 g/mol. The van der Waals surface area contributed by atoms with Crippen molar-refractivity contribution in [1.29, 1.82) is 0 Å². The molecule has 0 bridgehead atoms. The Balaban J connectivity index is 1.71. The Bertz CT molecular complexity index is 1190. The maximum Gasteiger partial charge on any atom is 0.243 e. The topological polar surface area (TPSA) is 54.7 Å². The Kier molecular flexibility index (Phi) is 5.17. The molecule has 2 heterocycles. The molecule has 0 aliphatic rings. The number of hydrogen-bond acceptors (Lipinski definition) is 3. The number of benzene rings is 2. The summed E-state index contributed by atoms with van der Waals surface area (Å²) in [7, 11) is -3.69. The van der Waals surface area contributed by atoms with E-state index in [1.54, 1.807) is 59.3 Å². The predicted octanol–water partition coefficient (Wildman–Crippen LogP) is 4.38. The third-order valence-electron chi connectivity index (χ3n) is 4.39. The fourth-order valence-electron chi connectivity index (χ4n) is 3.03. The van der Waals surface area contributed by atoms with Crippen LogP contribution in [0.4, 0.5) is 0 Å². The van der Waals surface area contributed by atoms with Gasteiger partial charge in [-0.15, -0.1) is 0 Å². The van der Waals surface area contributed by atoms with E-state index < -0.39 is 10.0 Å². The van der Waals surface area contributed by atoms with E-state index in [1.807, 2.05) is 30.3 Å². The number of hydrogen-bond donors (Lipinski definition) is 0. The van der Waals surface area contributed by atoms with Crippen LogP contribution in [0, 0.1) is 0 Å². The van der Waals surface area contributed by atoms with E-state index in [0.29, 0.717) is 10.7 Å². The van der Waals surface area contributed by atoms with Crippen molar-refractivity contribution in [3.63, 3.8) is 0 Å². The SMILES string of the molecule is O=S(=O)(c1ccccc1)N(Cc1ccccc1)Cc1cn2cc(Cl)ccc2n1. The summed E-state index contributed by atoms with van der Waals surface area (Å²) in [6.45, 7) is 0.415. The van der Waals surface area contributed by atoms with Crippen LogP contribution in [0.1, 0.15) is 11.3 Å². The molecule has 4 rings (SSSR count). The van der Waals surface area contributed by atoms with Crippen LogP contribution in [-0.2, 0) is 23.1 Å². The molecule has 0 saturated heterocycles. The van der Waals surface area contributed by atoms with Gasteiger partial charge in [0.1, 0.15) is 5.65 Å². The van der Waals surface area contributed by atoms with E-state index in [-0.39, 0.29) is 18.0 Å². The summed E-state index contributed by atoms with van der Waals surface area (Å²) in [4.78, 5) is 4.80. The van der Waals surface area contributed by atoms with Crippen molar-refractivity contribution in [3.8, 4) is 0 Å². The zero-order chi connectivity index (χ0) is 19.6. The minimum atomic E-state index is -3.69. The van der Waals surface area contributed by atoms with Crippen molar-refractivity contribution in [2.75, 3.05) is 0 Å². The lowest BCUT2D eigenvalue weighted by molar-refractivity contribution is 0.397. The van der Waals surface area contributed by atoms with Crippen molar-refractivity contribution >= 4 is 27.3 Å². The Hall–Kier alpha value is -2.67. The quantitative estimate of drug-likeness (QED) is 0.473. The van der Waals surface area contributed by atoms with Crippen LogP contribution in [0.25, 0.3) is 5.65 Å². The molecule has 0 radical (unpaired) electrons. The molecule has 0 unspecified atom stereocenters. The summed E-state index contributed by atoms with van der Waals surface area (Å²) < 4.78 is 29.8. The van der Waals surface area contributed by atoms with Gasteiger partial charge in [0.25, 0.3) is 0 Å². The van der Waals surface area contributed by atoms with Gasteiger partial charge < -0.3 is 4.40 Å². The molecule has 5 nitrogen and oxygen atoms in total. The molecule has 2 aromatic carbocycles. The van der Waals surface area contributed by atoms with Gasteiger partial charge in [-0.3, -0.25) is 0 Å². The average Bonchev–Trinajstić information content (AvgIpc) is 3.10. The number of fused-ring (bicyclic) bond motifs is 1. The maximum absolute atomic E-state index is 13.3. The van der Waals surface area contributed by atoms with Crippen LogP contribution in [0.2, 0.25) is 5.02 Å². The zero-order valence-corrected chi connectivity index (χ0v) is 16.5. The van der Waals surface area contributed by atoms with E-state index in [2.05, 4.69) is 4.98 Å². The van der Waals surface area contributed by atoms with Crippen LogP contribution in [0.5, 0.6) is 0 Å². The highest BCUT2D eigenvalue weighted by atomic mass is 35.5. The molecule has 0 aliphatic carbocycles. The molecule has 0 spiro atoms. The Morgan fingerprint density at radius 2 is 1.54 bits per heavy atom. The first kappa shape index (κ1) is 18.7. The highest BCUT2D eigenvalue weighted by Gasteiger charge is 2.25. The molecule has 0 fully saturated rings. The standard InChI is InChI=1S/C21H18ClN3O2S/c22-18-11-12-21-23-19(15-24(21)14-18)16-25(13-17-7-3-1-4-8-17)28(26,27)20-9-5-2-6-10-20/h1-12,14-15H,13,16H2. The fraction of sp³-hybridized carbons (Fsp3) is 0.0952. The molecule has 0 N–H and O–H groups in total. The van der Waals surface area contributed by atoms with Crippen molar-refractivity contribution in [2.45, 2.75) is 18.0 Å². The van der Waals surface area contributed by atoms with Crippen LogP contribution in [0.15, 0.2) is 90.1 Å². The lowest BCUT2D eigenvalue weighted by Gasteiger charge is -2.21. The molecule has 0 saturated carbocycles. The number of halogens is 1.